The molecule has 0 aromatic carbocycles. The number of hydrogen-bond acceptors (Lipinski definition) is 5. The standard InChI is InChI=1S/C8H12N4O2/c1-11-3-4-14-6-5(11)8(13)12(2)10-7(6)9/h3-4H2,1-2H3,(H2,9,10). The van der Waals surface area contributed by atoms with Crippen LogP contribution in [0.3, 0.4) is 0 Å². The van der Waals surface area contributed by atoms with Crippen LogP contribution < -0.4 is 20.9 Å². The molecule has 2 heterocycles. The molecule has 0 atom stereocenters. The second kappa shape index (κ2) is 2.90. The third-order valence-electron chi connectivity index (χ3n) is 2.26. The van der Waals surface area contributed by atoms with E-state index in [1.54, 1.807) is 7.05 Å². The quantitative estimate of drug-likeness (QED) is 0.587. The van der Waals surface area contributed by atoms with Crippen LogP contribution in [0.1, 0.15) is 0 Å². The number of fused-ring (bicyclic) bond motifs is 1. The lowest BCUT2D eigenvalue weighted by molar-refractivity contribution is 0.309. The summed E-state index contributed by atoms with van der Waals surface area (Å²) in [6, 6.07) is 0. The van der Waals surface area contributed by atoms with Gasteiger partial charge in [-0.25, -0.2) is 4.68 Å². The van der Waals surface area contributed by atoms with Crippen LogP contribution in [-0.4, -0.2) is 30.0 Å². The first-order chi connectivity index (χ1) is 6.61. The molecule has 0 saturated carbocycles. The summed E-state index contributed by atoms with van der Waals surface area (Å²) in [5.74, 6) is 0.663. The van der Waals surface area contributed by atoms with Gasteiger partial charge in [-0.1, -0.05) is 0 Å². The van der Waals surface area contributed by atoms with Crippen LogP contribution in [0.4, 0.5) is 11.5 Å². The lowest BCUT2D eigenvalue weighted by atomic mass is 10.3. The maximum atomic E-state index is 11.7. The van der Waals surface area contributed by atoms with Crippen LogP contribution in [0.5, 0.6) is 5.75 Å². The number of aromatic nitrogens is 2. The van der Waals surface area contributed by atoms with Crippen molar-refractivity contribution in [1.82, 2.24) is 9.78 Å². The summed E-state index contributed by atoms with van der Waals surface area (Å²) in [4.78, 5) is 13.5. The van der Waals surface area contributed by atoms with Crippen LogP contribution >= 0.6 is 0 Å². The Morgan fingerprint density at radius 2 is 2.21 bits per heavy atom. The summed E-state index contributed by atoms with van der Waals surface area (Å²) in [5, 5.41) is 3.85. The topological polar surface area (TPSA) is 73.4 Å². The van der Waals surface area contributed by atoms with E-state index in [1.807, 2.05) is 11.9 Å². The van der Waals surface area contributed by atoms with E-state index >= 15 is 0 Å². The zero-order chi connectivity index (χ0) is 10.3. The molecule has 1 aromatic heterocycles. The maximum absolute atomic E-state index is 11.7. The Hall–Kier alpha value is -1.72. The molecule has 14 heavy (non-hydrogen) atoms. The zero-order valence-electron chi connectivity index (χ0n) is 8.15. The zero-order valence-corrected chi connectivity index (χ0v) is 8.15. The van der Waals surface area contributed by atoms with Crippen molar-refractivity contribution in [2.75, 3.05) is 30.8 Å². The third kappa shape index (κ3) is 1.11. The first-order valence-corrected chi connectivity index (χ1v) is 4.32. The van der Waals surface area contributed by atoms with E-state index in [4.69, 9.17) is 10.5 Å². The van der Waals surface area contributed by atoms with E-state index in [0.29, 0.717) is 24.6 Å². The summed E-state index contributed by atoms with van der Waals surface area (Å²) in [5.41, 5.74) is 5.96. The molecule has 2 N–H and O–H groups in total. The van der Waals surface area contributed by atoms with Crippen LogP contribution in [0, 0.1) is 0 Å². The van der Waals surface area contributed by atoms with Crippen LogP contribution in [0.2, 0.25) is 0 Å². The highest BCUT2D eigenvalue weighted by molar-refractivity contribution is 5.66. The van der Waals surface area contributed by atoms with Crippen molar-refractivity contribution in [2.45, 2.75) is 0 Å². The Morgan fingerprint density at radius 1 is 1.50 bits per heavy atom. The second-order valence-electron chi connectivity index (χ2n) is 3.26. The van der Waals surface area contributed by atoms with E-state index < -0.39 is 0 Å². The smallest absolute Gasteiger partial charge is 0.294 e. The molecule has 6 nitrogen and oxygen atoms in total. The van der Waals surface area contributed by atoms with Gasteiger partial charge in [-0.15, -0.1) is 5.10 Å². The van der Waals surface area contributed by atoms with E-state index in [9.17, 15) is 4.79 Å². The highest BCUT2D eigenvalue weighted by Gasteiger charge is 2.23. The molecule has 0 aliphatic carbocycles. The molecule has 1 aliphatic rings. The number of ether oxygens (including phenoxy) is 1. The van der Waals surface area contributed by atoms with Crippen molar-refractivity contribution in [2.24, 2.45) is 7.05 Å². The van der Waals surface area contributed by atoms with Gasteiger partial charge in [-0.2, -0.15) is 0 Å². The molecular weight excluding hydrogens is 184 g/mol. The number of likely N-dealkylation sites (N-methyl/N-ethyl adjacent to an activating group) is 1. The fourth-order valence-corrected chi connectivity index (χ4v) is 1.50. The number of aryl methyl sites for hydroxylation is 1. The largest absolute Gasteiger partial charge is 0.486 e. The molecular formula is C8H12N4O2. The van der Waals surface area contributed by atoms with Gasteiger partial charge >= 0.3 is 0 Å². The van der Waals surface area contributed by atoms with Gasteiger partial charge in [-0.05, 0) is 0 Å². The summed E-state index contributed by atoms with van der Waals surface area (Å²) in [6.45, 7) is 1.22. The third-order valence-corrected chi connectivity index (χ3v) is 2.26. The number of nitrogens with zero attached hydrogens (tertiary/aromatic N) is 3. The van der Waals surface area contributed by atoms with Crippen molar-refractivity contribution in [3.05, 3.63) is 10.4 Å². The summed E-state index contributed by atoms with van der Waals surface area (Å²) < 4.78 is 6.54. The Labute approximate surface area is 80.9 Å². The van der Waals surface area contributed by atoms with Gasteiger partial charge in [0.25, 0.3) is 5.56 Å². The first kappa shape index (κ1) is 8.86. The van der Waals surface area contributed by atoms with Crippen molar-refractivity contribution in [3.8, 4) is 5.75 Å². The SMILES string of the molecule is CN1CCOc2c(N)nn(C)c(=O)c21. The molecule has 6 heteroatoms. The molecule has 0 bridgehead atoms. The van der Waals surface area contributed by atoms with Crippen molar-refractivity contribution < 1.29 is 4.74 Å². The fraction of sp³-hybridized carbons (Fsp3) is 0.500. The Balaban J connectivity index is 2.73. The summed E-state index contributed by atoms with van der Waals surface area (Å²) in [7, 11) is 3.41. The fourth-order valence-electron chi connectivity index (χ4n) is 1.50. The Kier molecular flexibility index (Phi) is 1.83. The van der Waals surface area contributed by atoms with Gasteiger partial charge in [-0.3, -0.25) is 4.79 Å². The van der Waals surface area contributed by atoms with Gasteiger partial charge in [0.05, 0.1) is 6.54 Å². The van der Waals surface area contributed by atoms with E-state index in [-0.39, 0.29) is 11.4 Å². The average Bonchev–Trinajstić information content (AvgIpc) is 2.14. The van der Waals surface area contributed by atoms with Crippen LogP contribution in [-0.2, 0) is 7.05 Å². The van der Waals surface area contributed by atoms with Gasteiger partial charge in [0.1, 0.15) is 6.61 Å². The predicted molar refractivity (Wildman–Crippen MR) is 52.7 cm³/mol. The molecule has 0 unspecified atom stereocenters. The minimum absolute atomic E-state index is 0.184. The average molecular weight is 196 g/mol. The van der Waals surface area contributed by atoms with E-state index in [1.165, 1.54) is 4.68 Å². The lowest BCUT2D eigenvalue weighted by Gasteiger charge is -2.27. The van der Waals surface area contributed by atoms with Crippen molar-refractivity contribution in [1.29, 1.82) is 0 Å². The Morgan fingerprint density at radius 3 is 2.93 bits per heavy atom. The minimum atomic E-state index is -0.184. The van der Waals surface area contributed by atoms with E-state index in [2.05, 4.69) is 5.10 Å². The van der Waals surface area contributed by atoms with Crippen molar-refractivity contribution >= 4 is 11.5 Å². The second-order valence-corrected chi connectivity index (χ2v) is 3.26. The monoisotopic (exact) mass is 196 g/mol. The van der Waals surface area contributed by atoms with Gasteiger partial charge in [0, 0.05) is 14.1 Å². The van der Waals surface area contributed by atoms with E-state index in [0.717, 1.165) is 0 Å². The molecule has 76 valence electrons. The van der Waals surface area contributed by atoms with Gasteiger partial charge in [0.2, 0.25) is 0 Å². The number of hydrogen-bond donors (Lipinski definition) is 1. The first-order valence-electron chi connectivity index (χ1n) is 4.32. The van der Waals surface area contributed by atoms with Gasteiger partial charge in [0.15, 0.2) is 17.3 Å². The highest BCUT2D eigenvalue weighted by Crippen LogP contribution is 2.30. The minimum Gasteiger partial charge on any atom is -0.486 e. The maximum Gasteiger partial charge on any atom is 0.294 e. The Bertz CT molecular complexity index is 426. The number of nitrogens with two attached hydrogens (primary N) is 1. The van der Waals surface area contributed by atoms with Crippen molar-refractivity contribution in [3.63, 3.8) is 0 Å². The molecule has 0 amide bonds. The highest BCUT2D eigenvalue weighted by atomic mass is 16.5. The molecule has 1 aromatic rings. The lowest BCUT2D eigenvalue weighted by Crippen LogP contribution is -2.37. The molecule has 0 saturated heterocycles. The molecule has 0 radical (unpaired) electrons. The van der Waals surface area contributed by atoms with Gasteiger partial charge < -0.3 is 15.4 Å². The number of anilines is 2. The number of rotatable bonds is 0. The summed E-state index contributed by atoms with van der Waals surface area (Å²) >= 11 is 0. The molecule has 0 spiro atoms. The van der Waals surface area contributed by atoms with Crippen LogP contribution in [0.25, 0.3) is 0 Å². The predicted octanol–water partition coefficient (Wildman–Crippen LogP) is -0.809. The summed E-state index contributed by atoms with van der Waals surface area (Å²) in [6.07, 6.45) is 0. The normalized spacial score (nSPS) is 14.9. The molecule has 0 fully saturated rings. The molecule has 1 aliphatic heterocycles. The van der Waals surface area contributed by atoms with Crippen LogP contribution in [0.15, 0.2) is 4.79 Å². The number of nitrogen functional groups attached to an aromatic ring is 1. The molecule has 2 rings (SSSR count).